The van der Waals surface area contributed by atoms with E-state index >= 15 is 0 Å². The van der Waals surface area contributed by atoms with E-state index in [9.17, 15) is 5.11 Å². The molecule has 0 bridgehead atoms. The van der Waals surface area contributed by atoms with Gasteiger partial charge in [0.25, 0.3) is 0 Å². The summed E-state index contributed by atoms with van der Waals surface area (Å²) < 4.78 is 10.8. The van der Waals surface area contributed by atoms with Gasteiger partial charge in [0, 0.05) is 30.2 Å². The predicted molar refractivity (Wildman–Crippen MR) is 61.6 cm³/mol. The molecule has 1 aromatic rings. The molecule has 0 aliphatic carbocycles. The lowest BCUT2D eigenvalue weighted by molar-refractivity contribution is 0.0351. The Labute approximate surface area is 99.3 Å². The van der Waals surface area contributed by atoms with E-state index in [4.69, 9.17) is 21.1 Å². The summed E-state index contributed by atoms with van der Waals surface area (Å²) in [4.78, 5) is 2.13. The molecule has 4 nitrogen and oxygen atoms in total. The Morgan fingerprint density at radius 1 is 1.44 bits per heavy atom. The molecule has 0 atom stereocenters. The Bertz CT molecular complexity index is 391. The van der Waals surface area contributed by atoms with Crippen LogP contribution in [0.2, 0.25) is 5.02 Å². The number of phenols is 1. The van der Waals surface area contributed by atoms with Gasteiger partial charge in [-0.25, -0.2) is 0 Å². The molecule has 0 saturated carbocycles. The number of benzene rings is 1. The zero-order valence-corrected chi connectivity index (χ0v) is 9.99. The quantitative estimate of drug-likeness (QED) is 0.878. The highest BCUT2D eigenvalue weighted by Gasteiger charge is 2.27. The van der Waals surface area contributed by atoms with E-state index in [2.05, 4.69) is 4.90 Å². The Morgan fingerprint density at radius 2 is 2.12 bits per heavy atom. The van der Waals surface area contributed by atoms with Crippen molar-refractivity contribution in [3.05, 3.63) is 17.2 Å². The van der Waals surface area contributed by atoms with Gasteiger partial charge in [0.05, 0.1) is 7.11 Å². The summed E-state index contributed by atoms with van der Waals surface area (Å²) in [6.45, 7) is 1.70. The van der Waals surface area contributed by atoms with Crippen molar-refractivity contribution in [1.29, 1.82) is 0 Å². The highest BCUT2D eigenvalue weighted by molar-refractivity contribution is 6.31. The van der Waals surface area contributed by atoms with Gasteiger partial charge < -0.3 is 14.6 Å². The SMILES string of the molecule is COc1cc(Cl)cc(O)c1OC1CN(C)C1. The monoisotopic (exact) mass is 243 g/mol. The molecule has 16 heavy (non-hydrogen) atoms. The summed E-state index contributed by atoms with van der Waals surface area (Å²) in [5.41, 5.74) is 0. The molecular weight excluding hydrogens is 230 g/mol. The minimum atomic E-state index is 0.0129. The summed E-state index contributed by atoms with van der Waals surface area (Å²) in [6.07, 6.45) is 0.103. The first-order chi connectivity index (χ1) is 7.60. The first-order valence-electron chi connectivity index (χ1n) is 5.02. The minimum Gasteiger partial charge on any atom is -0.504 e. The van der Waals surface area contributed by atoms with Crippen molar-refractivity contribution in [2.45, 2.75) is 6.10 Å². The molecule has 88 valence electrons. The maximum absolute atomic E-state index is 9.73. The lowest BCUT2D eigenvalue weighted by atomic mass is 10.2. The van der Waals surface area contributed by atoms with Crippen LogP contribution >= 0.6 is 11.6 Å². The molecule has 1 aliphatic heterocycles. The van der Waals surface area contributed by atoms with Crippen LogP contribution in [-0.4, -0.2) is 43.4 Å². The topological polar surface area (TPSA) is 41.9 Å². The molecule has 0 radical (unpaired) electrons. The number of hydrogen-bond donors (Lipinski definition) is 1. The number of rotatable bonds is 3. The van der Waals surface area contributed by atoms with E-state index in [0.29, 0.717) is 16.5 Å². The minimum absolute atomic E-state index is 0.0129. The number of hydrogen-bond acceptors (Lipinski definition) is 4. The average molecular weight is 244 g/mol. The van der Waals surface area contributed by atoms with Crippen LogP contribution in [0.1, 0.15) is 0 Å². The molecule has 0 amide bonds. The number of halogens is 1. The molecule has 0 unspecified atom stereocenters. The van der Waals surface area contributed by atoms with E-state index in [1.54, 1.807) is 6.07 Å². The fourth-order valence-corrected chi connectivity index (χ4v) is 1.91. The zero-order chi connectivity index (χ0) is 11.7. The van der Waals surface area contributed by atoms with Gasteiger partial charge in [-0.1, -0.05) is 11.6 Å². The third-order valence-electron chi connectivity index (χ3n) is 2.54. The number of nitrogens with zero attached hydrogens (tertiary/aromatic N) is 1. The van der Waals surface area contributed by atoms with Gasteiger partial charge in [0.15, 0.2) is 11.5 Å². The van der Waals surface area contributed by atoms with Gasteiger partial charge in [-0.3, -0.25) is 4.90 Å². The molecule has 0 aromatic heterocycles. The van der Waals surface area contributed by atoms with E-state index in [0.717, 1.165) is 13.1 Å². The van der Waals surface area contributed by atoms with Crippen LogP contribution in [0.3, 0.4) is 0 Å². The highest BCUT2D eigenvalue weighted by Crippen LogP contribution is 2.40. The second-order valence-corrected chi connectivity index (χ2v) is 4.35. The Balaban J connectivity index is 2.18. The van der Waals surface area contributed by atoms with Crippen molar-refractivity contribution in [2.75, 3.05) is 27.2 Å². The third-order valence-corrected chi connectivity index (χ3v) is 2.75. The number of likely N-dealkylation sites (tertiary alicyclic amines) is 1. The first-order valence-corrected chi connectivity index (χ1v) is 5.39. The van der Waals surface area contributed by atoms with Crippen LogP contribution in [0, 0.1) is 0 Å². The van der Waals surface area contributed by atoms with Gasteiger partial charge in [-0.2, -0.15) is 0 Å². The largest absolute Gasteiger partial charge is 0.504 e. The number of ether oxygens (including phenoxy) is 2. The van der Waals surface area contributed by atoms with Gasteiger partial charge in [-0.15, -0.1) is 0 Å². The van der Waals surface area contributed by atoms with Crippen molar-refractivity contribution in [3.8, 4) is 17.2 Å². The number of methoxy groups -OCH3 is 1. The summed E-state index contributed by atoms with van der Waals surface area (Å²) in [6, 6.07) is 3.07. The molecular formula is C11H14ClNO3. The van der Waals surface area contributed by atoms with Crippen LogP contribution in [-0.2, 0) is 0 Å². The van der Waals surface area contributed by atoms with Gasteiger partial charge in [-0.05, 0) is 7.05 Å². The number of phenolic OH excluding ortho intramolecular Hbond substituents is 1. The Morgan fingerprint density at radius 3 is 2.69 bits per heavy atom. The van der Waals surface area contributed by atoms with Crippen LogP contribution in [0.15, 0.2) is 12.1 Å². The third kappa shape index (κ3) is 2.18. The van der Waals surface area contributed by atoms with E-state index in [-0.39, 0.29) is 11.9 Å². The second kappa shape index (κ2) is 4.39. The summed E-state index contributed by atoms with van der Waals surface area (Å²) in [7, 11) is 3.53. The second-order valence-electron chi connectivity index (χ2n) is 3.92. The van der Waals surface area contributed by atoms with Gasteiger partial charge in [0.2, 0.25) is 5.75 Å². The van der Waals surface area contributed by atoms with E-state index in [1.165, 1.54) is 13.2 Å². The van der Waals surface area contributed by atoms with Crippen molar-refractivity contribution < 1.29 is 14.6 Å². The highest BCUT2D eigenvalue weighted by atomic mass is 35.5. The van der Waals surface area contributed by atoms with E-state index in [1.807, 2.05) is 7.05 Å². The normalized spacial score (nSPS) is 16.9. The van der Waals surface area contributed by atoms with E-state index < -0.39 is 0 Å². The maximum atomic E-state index is 9.73. The molecule has 1 fully saturated rings. The standard InChI is InChI=1S/C11H14ClNO3/c1-13-5-8(6-13)16-11-9(14)3-7(12)4-10(11)15-2/h3-4,8,14H,5-6H2,1-2H3. The smallest absolute Gasteiger partial charge is 0.203 e. The van der Waals surface area contributed by atoms with Crippen LogP contribution in [0.5, 0.6) is 17.2 Å². The first kappa shape index (κ1) is 11.4. The van der Waals surface area contributed by atoms with Gasteiger partial charge >= 0.3 is 0 Å². The number of likely N-dealkylation sites (N-methyl/N-ethyl adjacent to an activating group) is 1. The summed E-state index contributed by atoms with van der Waals surface area (Å²) in [5, 5.41) is 10.2. The van der Waals surface area contributed by atoms with Crippen molar-refractivity contribution in [3.63, 3.8) is 0 Å². The van der Waals surface area contributed by atoms with Crippen molar-refractivity contribution in [2.24, 2.45) is 0 Å². The molecule has 5 heteroatoms. The number of aromatic hydroxyl groups is 1. The van der Waals surface area contributed by atoms with Crippen LogP contribution < -0.4 is 9.47 Å². The molecule has 0 spiro atoms. The lowest BCUT2D eigenvalue weighted by Crippen LogP contribution is -2.51. The average Bonchev–Trinajstić information content (AvgIpc) is 2.18. The van der Waals surface area contributed by atoms with Crippen LogP contribution in [0.4, 0.5) is 0 Å². The van der Waals surface area contributed by atoms with Crippen molar-refractivity contribution in [1.82, 2.24) is 4.90 Å². The van der Waals surface area contributed by atoms with Crippen molar-refractivity contribution >= 4 is 11.6 Å². The molecule has 2 rings (SSSR count). The fourth-order valence-electron chi connectivity index (χ4n) is 1.71. The Hall–Kier alpha value is -1.13. The Kier molecular flexibility index (Phi) is 3.12. The molecule has 1 aromatic carbocycles. The summed E-state index contributed by atoms with van der Waals surface area (Å²) >= 11 is 5.80. The molecule has 1 N–H and O–H groups in total. The molecule has 1 heterocycles. The lowest BCUT2D eigenvalue weighted by Gasteiger charge is -2.36. The summed E-state index contributed by atoms with van der Waals surface area (Å²) in [5.74, 6) is 0.837. The molecule has 1 aliphatic rings. The fraction of sp³-hybridized carbons (Fsp3) is 0.455. The van der Waals surface area contributed by atoms with Crippen LogP contribution in [0.25, 0.3) is 0 Å². The molecule has 1 saturated heterocycles. The predicted octanol–water partition coefficient (Wildman–Crippen LogP) is 1.75. The van der Waals surface area contributed by atoms with Gasteiger partial charge in [0.1, 0.15) is 6.10 Å². The maximum Gasteiger partial charge on any atom is 0.203 e. The zero-order valence-electron chi connectivity index (χ0n) is 9.24.